The molecule has 0 fully saturated rings. The molecular formula is C13H10ClF4N5O. The van der Waals surface area contributed by atoms with Crippen molar-refractivity contribution in [1.29, 1.82) is 0 Å². The van der Waals surface area contributed by atoms with Gasteiger partial charge in [0.15, 0.2) is 5.82 Å². The van der Waals surface area contributed by atoms with Gasteiger partial charge in [-0.25, -0.2) is 9.18 Å². The number of anilines is 1. The second kappa shape index (κ2) is 5.93. The molecule has 1 N–H and O–H groups in total. The summed E-state index contributed by atoms with van der Waals surface area (Å²) in [6.07, 6.45) is -4.60. The number of urea groups is 1. The second-order valence-electron chi connectivity index (χ2n) is 5.07. The van der Waals surface area contributed by atoms with Crippen LogP contribution in [0.5, 0.6) is 0 Å². The maximum atomic E-state index is 13.0. The lowest BCUT2D eigenvalue weighted by Gasteiger charge is -2.28. The fraction of sp³-hybridized carbons (Fsp3) is 0.308. The molecule has 6 nitrogen and oxygen atoms in total. The molecule has 0 bridgehead atoms. The van der Waals surface area contributed by atoms with E-state index in [-0.39, 0.29) is 36.2 Å². The molecule has 0 spiro atoms. The van der Waals surface area contributed by atoms with Gasteiger partial charge in [-0.05, 0) is 18.2 Å². The highest BCUT2D eigenvalue weighted by molar-refractivity contribution is 6.33. The highest BCUT2D eigenvalue weighted by atomic mass is 35.5. The summed E-state index contributed by atoms with van der Waals surface area (Å²) in [5.74, 6) is -1.60. The van der Waals surface area contributed by atoms with Crippen molar-refractivity contribution in [2.75, 3.05) is 11.9 Å². The third-order valence-electron chi connectivity index (χ3n) is 3.47. The molecule has 1 aromatic heterocycles. The number of fused-ring (bicyclic) bond motifs is 1. The van der Waals surface area contributed by atoms with E-state index >= 15 is 0 Å². The predicted octanol–water partition coefficient (Wildman–Crippen LogP) is 3.14. The zero-order chi connectivity index (χ0) is 17.5. The first-order valence-electron chi connectivity index (χ1n) is 6.76. The van der Waals surface area contributed by atoms with E-state index in [0.29, 0.717) is 0 Å². The molecule has 2 heterocycles. The van der Waals surface area contributed by atoms with Crippen LogP contribution < -0.4 is 5.32 Å². The molecule has 11 heteroatoms. The Kier molecular flexibility index (Phi) is 4.08. The summed E-state index contributed by atoms with van der Waals surface area (Å²) in [5, 5.41) is 9.13. The molecule has 1 aliphatic rings. The molecule has 24 heavy (non-hydrogen) atoms. The number of aromatic nitrogens is 3. The number of halogens is 5. The van der Waals surface area contributed by atoms with Gasteiger partial charge in [0, 0.05) is 13.1 Å². The van der Waals surface area contributed by atoms with Gasteiger partial charge in [-0.3, -0.25) is 0 Å². The van der Waals surface area contributed by atoms with E-state index in [9.17, 15) is 22.4 Å². The summed E-state index contributed by atoms with van der Waals surface area (Å²) in [7, 11) is 0. The van der Waals surface area contributed by atoms with Gasteiger partial charge in [0.1, 0.15) is 5.82 Å². The van der Waals surface area contributed by atoms with E-state index in [0.717, 1.165) is 16.7 Å². The molecule has 0 atom stereocenters. The van der Waals surface area contributed by atoms with Crippen LogP contribution in [0.25, 0.3) is 0 Å². The van der Waals surface area contributed by atoms with Gasteiger partial charge in [0.05, 0.1) is 17.3 Å². The topological polar surface area (TPSA) is 63.1 Å². The molecule has 0 saturated heterocycles. The van der Waals surface area contributed by atoms with Crippen molar-refractivity contribution < 1.29 is 22.4 Å². The lowest BCUT2D eigenvalue weighted by atomic mass is 10.3. The minimum Gasteiger partial charge on any atom is -0.315 e. The van der Waals surface area contributed by atoms with Crippen molar-refractivity contribution in [3.8, 4) is 0 Å². The van der Waals surface area contributed by atoms with Crippen molar-refractivity contribution >= 4 is 23.3 Å². The molecule has 0 unspecified atom stereocenters. The van der Waals surface area contributed by atoms with Crippen molar-refractivity contribution in [2.45, 2.75) is 19.3 Å². The number of benzene rings is 1. The smallest absolute Gasteiger partial charge is 0.315 e. The van der Waals surface area contributed by atoms with Gasteiger partial charge in [0.2, 0.25) is 5.82 Å². The normalized spacial score (nSPS) is 14.5. The van der Waals surface area contributed by atoms with Gasteiger partial charge in [-0.1, -0.05) is 11.6 Å². The number of nitrogens with zero attached hydrogens (tertiary/aromatic N) is 4. The molecule has 1 aromatic carbocycles. The quantitative estimate of drug-likeness (QED) is 0.792. The van der Waals surface area contributed by atoms with E-state index in [1.807, 2.05) is 0 Å². The number of rotatable bonds is 1. The van der Waals surface area contributed by atoms with Crippen molar-refractivity contribution in [2.24, 2.45) is 0 Å². The molecule has 128 valence electrons. The Bertz CT molecular complexity index is 791. The maximum absolute atomic E-state index is 13.0. The first-order chi connectivity index (χ1) is 11.3. The average Bonchev–Trinajstić information content (AvgIpc) is 2.93. The molecule has 2 amide bonds. The van der Waals surface area contributed by atoms with Crippen LogP contribution in [0.4, 0.5) is 28.0 Å². The van der Waals surface area contributed by atoms with E-state index < -0.39 is 23.8 Å². The van der Waals surface area contributed by atoms with Crippen molar-refractivity contribution in [1.82, 2.24) is 19.7 Å². The summed E-state index contributed by atoms with van der Waals surface area (Å²) in [6.45, 7) is -0.172. The van der Waals surface area contributed by atoms with E-state index in [1.165, 1.54) is 11.0 Å². The highest BCUT2D eigenvalue weighted by Crippen LogP contribution is 2.29. The minimum atomic E-state index is -4.60. The standard InChI is InChI=1S/C13H10ClF4N5O/c14-8-5-7(15)1-2-9(8)19-12(24)22-3-4-23-10(6-22)20-21-11(23)13(16,17)18/h1-2,5H,3-4,6H2,(H,19,24). The van der Waals surface area contributed by atoms with Gasteiger partial charge < -0.3 is 14.8 Å². The van der Waals surface area contributed by atoms with Gasteiger partial charge >= 0.3 is 12.2 Å². The zero-order valence-corrected chi connectivity index (χ0v) is 12.7. The number of alkyl halides is 3. The molecule has 1 aliphatic heterocycles. The first kappa shape index (κ1) is 16.5. The molecule has 0 radical (unpaired) electrons. The second-order valence-corrected chi connectivity index (χ2v) is 5.47. The number of hydrogen-bond donors (Lipinski definition) is 1. The summed E-state index contributed by atoms with van der Waals surface area (Å²) in [5.41, 5.74) is 0.200. The molecule has 2 aromatic rings. The Morgan fingerprint density at radius 2 is 2.00 bits per heavy atom. The number of hydrogen-bond acceptors (Lipinski definition) is 3. The summed E-state index contributed by atoms with van der Waals surface area (Å²) in [6, 6.07) is 2.89. The van der Waals surface area contributed by atoms with E-state index in [2.05, 4.69) is 15.5 Å². The van der Waals surface area contributed by atoms with Crippen molar-refractivity contribution in [3.63, 3.8) is 0 Å². The van der Waals surface area contributed by atoms with Crippen LogP contribution in [0, 0.1) is 5.82 Å². The van der Waals surface area contributed by atoms with Crippen LogP contribution in [0.3, 0.4) is 0 Å². The lowest BCUT2D eigenvalue weighted by molar-refractivity contribution is -0.147. The fourth-order valence-electron chi connectivity index (χ4n) is 2.33. The van der Waals surface area contributed by atoms with Crippen LogP contribution in [-0.4, -0.2) is 32.2 Å². The Morgan fingerprint density at radius 3 is 2.67 bits per heavy atom. The molecule has 0 saturated carbocycles. The van der Waals surface area contributed by atoms with E-state index in [1.54, 1.807) is 0 Å². The summed E-state index contributed by atoms with van der Waals surface area (Å²) in [4.78, 5) is 13.5. The molecule has 0 aliphatic carbocycles. The number of carbonyl (C=O) groups is 1. The summed E-state index contributed by atoms with van der Waals surface area (Å²) >= 11 is 5.82. The SMILES string of the molecule is O=C(Nc1ccc(F)cc1Cl)N1CCn2c(nnc2C(F)(F)F)C1. The largest absolute Gasteiger partial charge is 0.451 e. The zero-order valence-electron chi connectivity index (χ0n) is 11.9. The minimum absolute atomic E-state index is 0.0166. The Hall–Kier alpha value is -2.36. The van der Waals surface area contributed by atoms with Crippen LogP contribution in [0.1, 0.15) is 11.6 Å². The van der Waals surface area contributed by atoms with Crippen LogP contribution in [0.2, 0.25) is 5.02 Å². The average molecular weight is 364 g/mol. The Balaban J connectivity index is 1.73. The third-order valence-corrected chi connectivity index (χ3v) is 3.78. The fourth-order valence-corrected chi connectivity index (χ4v) is 2.54. The number of carbonyl (C=O) groups excluding carboxylic acids is 1. The Morgan fingerprint density at radius 1 is 1.25 bits per heavy atom. The van der Waals surface area contributed by atoms with Crippen LogP contribution >= 0.6 is 11.6 Å². The maximum Gasteiger partial charge on any atom is 0.451 e. The van der Waals surface area contributed by atoms with Crippen LogP contribution in [0.15, 0.2) is 18.2 Å². The third kappa shape index (κ3) is 3.14. The molecular weight excluding hydrogens is 354 g/mol. The summed E-state index contributed by atoms with van der Waals surface area (Å²) < 4.78 is 52.2. The van der Waals surface area contributed by atoms with Gasteiger partial charge in [0.25, 0.3) is 0 Å². The number of nitrogens with one attached hydrogen (secondary N) is 1. The monoisotopic (exact) mass is 363 g/mol. The number of amides is 2. The lowest BCUT2D eigenvalue weighted by Crippen LogP contribution is -2.41. The van der Waals surface area contributed by atoms with Gasteiger partial charge in [-0.2, -0.15) is 13.2 Å². The van der Waals surface area contributed by atoms with Crippen molar-refractivity contribution in [3.05, 3.63) is 40.7 Å². The van der Waals surface area contributed by atoms with Crippen LogP contribution in [-0.2, 0) is 19.3 Å². The predicted molar refractivity (Wildman–Crippen MR) is 75.9 cm³/mol. The van der Waals surface area contributed by atoms with E-state index in [4.69, 9.17) is 11.6 Å². The van der Waals surface area contributed by atoms with Gasteiger partial charge in [-0.15, -0.1) is 10.2 Å². The first-order valence-corrected chi connectivity index (χ1v) is 7.14. The highest BCUT2D eigenvalue weighted by Gasteiger charge is 2.39. The Labute approximate surface area is 138 Å². The molecule has 3 rings (SSSR count).